The number of aryl methyl sites for hydroxylation is 1. The van der Waals surface area contributed by atoms with Gasteiger partial charge in [-0.25, -0.2) is 9.97 Å². The Morgan fingerprint density at radius 3 is 2.54 bits per heavy atom. The summed E-state index contributed by atoms with van der Waals surface area (Å²) in [5, 5.41) is 3.20. The SMILES string of the molecule is C[C@@H]1CCc2ncnc(N3CCN(C(=O)[C@H](CCNCC(=O)N(C)C)c4ccc(Br)cc4)CC3)c21. The van der Waals surface area contributed by atoms with Crippen molar-refractivity contribution < 1.29 is 9.59 Å². The Morgan fingerprint density at radius 2 is 1.86 bits per heavy atom. The van der Waals surface area contributed by atoms with Gasteiger partial charge < -0.3 is 20.0 Å². The zero-order chi connectivity index (χ0) is 24.9. The highest BCUT2D eigenvalue weighted by Crippen LogP contribution is 2.37. The van der Waals surface area contributed by atoms with Crippen molar-refractivity contribution in [2.24, 2.45) is 0 Å². The van der Waals surface area contributed by atoms with Gasteiger partial charge in [-0.3, -0.25) is 9.59 Å². The molecule has 2 amide bonds. The third kappa shape index (κ3) is 6.01. The fourth-order valence-corrected chi connectivity index (χ4v) is 5.23. The van der Waals surface area contributed by atoms with Gasteiger partial charge in [0.1, 0.15) is 12.1 Å². The molecule has 8 nitrogen and oxygen atoms in total. The highest BCUT2D eigenvalue weighted by Gasteiger charge is 2.32. The Hall–Kier alpha value is -2.52. The molecule has 2 atom stereocenters. The van der Waals surface area contributed by atoms with Crippen LogP contribution in [0, 0.1) is 0 Å². The molecule has 1 fully saturated rings. The van der Waals surface area contributed by atoms with Crippen LogP contribution in [0.1, 0.15) is 48.4 Å². The lowest BCUT2D eigenvalue weighted by Crippen LogP contribution is -2.50. The number of carbonyl (C=O) groups excluding carboxylic acids is 2. The number of nitrogens with one attached hydrogen (secondary N) is 1. The molecule has 0 spiro atoms. The van der Waals surface area contributed by atoms with E-state index in [0.717, 1.165) is 41.8 Å². The predicted molar refractivity (Wildman–Crippen MR) is 141 cm³/mol. The highest BCUT2D eigenvalue weighted by molar-refractivity contribution is 9.10. The van der Waals surface area contributed by atoms with Gasteiger partial charge in [0, 0.05) is 56.0 Å². The molecule has 9 heteroatoms. The summed E-state index contributed by atoms with van der Waals surface area (Å²) in [6.07, 6.45) is 4.47. The lowest BCUT2D eigenvalue weighted by molar-refractivity contribution is -0.133. The van der Waals surface area contributed by atoms with Crippen LogP contribution in [-0.4, -0.2) is 84.9 Å². The molecule has 1 aromatic carbocycles. The summed E-state index contributed by atoms with van der Waals surface area (Å²) in [6, 6.07) is 7.99. The molecule has 0 saturated carbocycles. The van der Waals surface area contributed by atoms with E-state index in [9.17, 15) is 9.59 Å². The maximum Gasteiger partial charge on any atom is 0.236 e. The van der Waals surface area contributed by atoms with Crippen LogP contribution in [0.3, 0.4) is 0 Å². The summed E-state index contributed by atoms with van der Waals surface area (Å²) < 4.78 is 0.988. The van der Waals surface area contributed by atoms with E-state index in [1.807, 2.05) is 29.2 Å². The van der Waals surface area contributed by atoms with Crippen LogP contribution in [0.5, 0.6) is 0 Å². The van der Waals surface area contributed by atoms with Gasteiger partial charge >= 0.3 is 0 Å². The van der Waals surface area contributed by atoms with Crippen LogP contribution in [0.2, 0.25) is 0 Å². The number of hydrogen-bond donors (Lipinski definition) is 1. The molecule has 0 radical (unpaired) electrons. The second-order valence-corrected chi connectivity index (χ2v) is 10.6. The van der Waals surface area contributed by atoms with Crippen LogP contribution < -0.4 is 10.2 Å². The first-order valence-corrected chi connectivity index (χ1v) is 13.2. The quantitative estimate of drug-likeness (QED) is 0.516. The number of amides is 2. The molecule has 2 heterocycles. The molecule has 1 aliphatic heterocycles. The fraction of sp³-hybridized carbons (Fsp3) is 0.538. The number of carbonyl (C=O) groups is 2. The van der Waals surface area contributed by atoms with Crippen molar-refractivity contribution in [2.75, 3.05) is 58.3 Å². The van der Waals surface area contributed by atoms with Gasteiger partial charge in [-0.05, 0) is 49.4 Å². The minimum atomic E-state index is -0.250. The number of hydrogen-bond acceptors (Lipinski definition) is 6. The van der Waals surface area contributed by atoms with Crippen molar-refractivity contribution in [1.29, 1.82) is 0 Å². The third-order valence-corrected chi connectivity index (χ3v) is 7.63. The monoisotopic (exact) mass is 542 g/mol. The van der Waals surface area contributed by atoms with Crippen molar-refractivity contribution in [3.05, 3.63) is 51.9 Å². The van der Waals surface area contributed by atoms with Crippen LogP contribution in [0.25, 0.3) is 0 Å². The average Bonchev–Trinajstić information content (AvgIpc) is 3.25. The minimum absolute atomic E-state index is 0.0261. The van der Waals surface area contributed by atoms with Crippen LogP contribution in [0.15, 0.2) is 35.1 Å². The molecule has 1 aliphatic carbocycles. The third-order valence-electron chi connectivity index (χ3n) is 7.10. The summed E-state index contributed by atoms with van der Waals surface area (Å²) in [7, 11) is 3.49. The Balaban J connectivity index is 1.41. The summed E-state index contributed by atoms with van der Waals surface area (Å²) in [5.74, 6) is 1.45. The van der Waals surface area contributed by atoms with Crippen molar-refractivity contribution in [3.63, 3.8) is 0 Å². The highest BCUT2D eigenvalue weighted by atomic mass is 79.9. The molecular weight excluding hydrogens is 508 g/mol. The molecule has 35 heavy (non-hydrogen) atoms. The maximum atomic E-state index is 13.7. The first kappa shape index (κ1) is 25.6. The number of piperazine rings is 1. The molecule has 188 valence electrons. The second-order valence-electron chi connectivity index (χ2n) is 9.67. The Labute approximate surface area is 216 Å². The van der Waals surface area contributed by atoms with Gasteiger partial charge in [0.2, 0.25) is 11.8 Å². The molecule has 2 aromatic rings. The van der Waals surface area contributed by atoms with E-state index in [-0.39, 0.29) is 24.3 Å². The number of likely N-dealkylation sites (N-methyl/N-ethyl adjacent to an activating group) is 1. The number of aromatic nitrogens is 2. The van der Waals surface area contributed by atoms with E-state index in [1.165, 1.54) is 11.3 Å². The van der Waals surface area contributed by atoms with Gasteiger partial charge in [-0.15, -0.1) is 0 Å². The lowest BCUT2D eigenvalue weighted by Gasteiger charge is -2.38. The molecule has 0 unspecified atom stereocenters. The standard InChI is InChI=1S/C26H35BrN6O2/c1-18-4-9-22-24(18)25(30-17-29-22)32-12-14-33(15-13-32)26(35)21(19-5-7-20(27)8-6-19)10-11-28-16-23(34)31(2)3/h5-8,17-18,21,28H,4,9-16H2,1-3H3/t18-,21-/m1/s1. The van der Waals surface area contributed by atoms with Crippen molar-refractivity contribution >= 4 is 33.6 Å². The van der Waals surface area contributed by atoms with Gasteiger partial charge in [-0.1, -0.05) is 35.0 Å². The van der Waals surface area contributed by atoms with E-state index in [2.05, 4.69) is 43.0 Å². The molecule has 1 aromatic heterocycles. The van der Waals surface area contributed by atoms with Gasteiger partial charge in [0.25, 0.3) is 0 Å². The topological polar surface area (TPSA) is 81.7 Å². The summed E-state index contributed by atoms with van der Waals surface area (Å²) >= 11 is 3.49. The van der Waals surface area contributed by atoms with Crippen LogP contribution in [-0.2, 0) is 16.0 Å². The minimum Gasteiger partial charge on any atom is -0.353 e. The van der Waals surface area contributed by atoms with Crippen LogP contribution >= 0.6 is 15.9 Å². The van der Waals surface area contributed by atoms with Crippen molar-refractivity contribution in [3.8, 4) is 0 Å². The number of rotatable bonds is 8. The van der Waals surface area contributed by atoms with E-state index >= 15 is 0 Å². The average molecular weight is 544 g/mol. The van der Waals surface area contributed by atoms with E-state index < -0.39 is 0 Å². The van der Waals surface area contributed by atoms with E-state index in [1.54, 1.807) is 25.3 Å². The number of benzene rings is 1. The Morgan fingerprint density at radius 1 is 1.14 bits per heavy atom. The molecule has 0 bridgehead atoms. The first-order chi connectivity index (χ1) is 16.8. The smallest absolute Gasteiger partial charge is 0.236 e. The largest absolute Gasteiger partial charge is 0.353 e. The Kier molecular flexibility index (Phi) is 8.38. The maximum absolute atomic E-state index is 13.7. The number of halogens is 1. The van der Waals surface area contributed by atoms with Gasteiger partial charge in [0.15, 0.2) is 0 Å². The van der Waals surface area contributed by atoms with Gasteiger partial charge in [-0.2, -0.15) is 0 Å². The summed E-state index contributed by atoms with van der Waals surface area (Å²) in [6.45, 7) is 6.00. The van der Waals surface area contributed by atoms with Gasteiger partial charge in [0.05, 0.1) is 12.5 Å². The van der Waals surface area contributed by atoms with E-state index in [4.69, 9.17) is 0 Å². The molecular formula is C26H35BrN6O2. The summed E-state index contributed by atoms with van der Waals surface area (Å²) in [4.78, 5) is 40.5. The molecule has 2 aliphatic rings. The van der Waals surface area contributed by atoms with E-state index in [0.29, 0.717) is 32.0 Å². The normalized spacial score (nSPS) is 18.3. The fourth-order valence-electron chi connectivity index (χ4n) is 4.96. The number of nitrogens with zero attached hydrogens (tertiary/aromatic N) is 5. The molecule has 1 N–H and O–H groups in total. The first-order valence-electron chi connectivity index (χ1n) is 12.4. The zero-order valence-corrected chi connectivity index (χ0v) is 22.4. The molecule has 4 rings (SSSR count). The lowest BCUT2D eigenvalue weighted by atomic mass is 9.93. The molecule has 1 saturated heterocycles. The predicted octanol–water partition coefficient (Wildman–Crippen LogP) is 2.79. The zero-order valence-electron chi connectivity index (χ0n) is 20.8. The number of anilines is 1. The van der Waals surface area contributed by atoms with Crippen LogP contribution in [0.4, 0.5) is 5.82 Å². The Bertz CT molecular complexity index is 1040. The summed E-state index contributed by atoms with van der Waals surface area (Å²) in [5.41, 5.74) is 3.47. The van der Waals surface area contributed by atoms with Crippen molar-refractivity contribution in [2.45, 2.75) is 38.0 Å². The second kappa shape index (κ2) is 11.5. The van der Waals surface area contributed by atoms with Crippen molar-refractivity contribution in [1.82, 2.24) is 25.1 Å². The number of fused-ring (bicyclic) bond motifs is 1.